The number of nitriles is 4. The van der Waals surface area contributed by atoms with Gasteiger partial charge in [0.15, 0.2) is 5.82 Å². The average Bonchev–Trinajstić information content (AvgIpc) is 3.95. The maximum Gasteiger partial charge on any atom is 0.161 e. The smallest absolute Gasteiger partial charge is 0.161 e. The van der Waals surface area contributed by atoms with Gasteiger partial charge in [-0.25, -0.2) is 9.97 Å². The predicted molar refractivity (Wildman–Crippen MR) is 277 cm³/mol. The number of para-hydroxylation sites is 3. The van der Waals surface area contributed by atoms with Crippen LogP contribution >= 0.6 is 0 Å². The minimum absolute atomic E-state index is 0.234. The van der Waals surface area contributed by atoms with Gasteiger partial charge in [0, 0.05) is 49.6 Å². The summed E-state index contributed by atoms with van der Waals surface area (Å²) >= 11 is 0. The molecule has 3 heterocycles. The van der Waals surface area contributed by atoms with Gasteiger partial charge in [0.25, 0.3) is 0 Å². The summed E-state index contributed by atoms with van der Waals surface area (Å²) in [5, 5.41) is 46.0. The van der Waals surface area contributed by atoms with E-state index in [9.17, 15) is 21.0 Å². The summed E-state index contributed by atoms with van der Waals surface area (Å²) in [5.74, 6) is 0.234. The largest absolute Gasteiger partial charge is 0.309 e. The molecule has 0 aliphatic carbocycles. The second-order valence-electron chi connectivity index (χ2n) is 17.0. The molecular formula is C62H34N8. The molecule has 12 aromatic rings. The number of aromatic nitrogens is 4. The predicted octanol–water partition coefficient (Wildman–Crippen LogP) is 14.5. The molecule has 0 unspecified atom stereocenters. The summed E-state index contributed by atoms with van der Waals surface area (Å²) in [7, 11) is 0. The highest BCUT2D eigenvalue weighted by molar-refractivity contribution is 6.12. The molecule has 8 heteroatoms. The molecule has 0 saturated heterocycles. The quantitative estimate of drug-likeness (QED) is 0.157. The summed E-state index contributed by atoms with van der Waals surface area (Å²) < 4.78 is 4.69. The Bertz CT molecular complexity index is 4120. The number of nitrogens with zero attached hydrogens (tertiary/aromatic N) is 8. The Morgan fingerprint density at radius 3 is 1.30 bits per heavy atom. The lowest BCUT2D eigenvalue weighted by Gasteiger charge is -2.14. The first kappa shape index (κ1) is 41.1. The molecule has 0 aliphatic heterocycles. The Labute approximate surface area is 402 Å². The highest BCUT2D eigenvalue weighted by atomic mass is 15.0. The Morgan fingerprint density at radius 2 is 0.729 bits per heavy atom. The standard InChI is InChI=1S/C62H34N8/c63-35-42-11-1-3-13-49(42)55-34-56(68-62(67-55)50-14-4-2-12-43(50)36-64)61-45(37-65)31-44(32-46(61)38-66)41-23-21-39(22-24-41)40-25-27-47(28-26-40)69-59-20-10-7-17-53(59)54-33-48(29-30-60(54)69)70-57-18-8-5-15-51(57)52-16-6-9-19-58(52)70/h1-34H. The van der Waals surface area contributed by atoms with Crippen LogP contribution < -0.4 is 0 Å². The van der Waals surface area contributed by atoms with E-state index in [0.717, 1.165) is 39.1 Å². The third-order valence-electron chi connectivity index (χ3n) is 13.1. The van der Waals surface area contributed by atoms with Crippen molar-refractivity contribution >= 4 is 43.6 Å². The summed E-state index contributed by atoms with van der Waals surface area (Å²) in [6.45, 7) is 0. The Morgan fingerprint density at radius 1 is 0.314 bits per heavy atom. The van der Waals surface area contributed by atoms with Gasteiger partial charge in [0.05, 0.1) is 80.0 Å². The molecule has 0 bridgehead atoms. The van der Waals surface area contributed by atoms with Gasteiger partial charge < -0.3 is 9.13 Å². The maximum atomic E-state index is 10.6. The summed E-state index contributed by atoms with van der Waals surface area (Å²) in [6, 6.07) is 77.6. The zero-order valence-corrected chi connectivity index (χ0v) is 37.2. The second-order valence-corrected chi connectivity index (χ2v) is 17.0. The highest BCUT2D eigenvalue weighted by Crippen LogP contribution is 2.39. The van der Waals surface area contributed by atoms with Gasteiger partial charge in [-0.05, 0) is 107 Å². The number of rotatable bonds is 7. The van der Waals surface area contributed by atoms with E-state index in [-0.39, 0.29) is 17.0 Å². The second kappa shape index (κ2) is 16.8. The average molecular weight is 891 g/mol. The summed E-state index contributed by atoms with van der Waals surface area (Å²) in [5.41, 5.74) is 13.8. The van der Waals surface area contributed by atoms with Crippen LogP contribution in [0.2, 0.25) is 0 Å². The van der Waals surface area contributed by atoms with Crippen LogP contribution in [-0.2, 0) is 0 Å². The van der Waals surface area contributed by atoms with Crippen molar-refractivity contribution in [3.05, 3.63) is 229 Å². The van der Waals surface area contributed by atoms with Crippen molar-refractivity contribution in [1.29, 1.82) is 21.0 Å². The van der Waals surface area contributed by atoms with Gasteiger partial charge in [0.1, 0.15) is 0 Å². The molecule has 0 spiro atoms. The van der Waals surface area contributed by atoms with Crippen molar-refractivity contribution in [2.75, 3.05) is 0 Å². The van der Waals surface area contributed by atoms with E-state index < -0.39 is 0 Å². The van der Waals surface area contributed by atoms with Crippen LogP contribution in [0.1, 0.15) is 22.3 Å². The molecule has 322 valence electrons. The Hall–Kier alpha value is -10.4. The van der Waals surface area contributed by atoms with Gasteiger partial charge in [0.2, 0.25) is 0 Å². The monoisotopic (exact) mass is 890 g/mol. The van der Waals surface area contributed by atoms with Crippen molar-refractivity contribution in [1.82, 2.24) is 19.1 Å². The topological polar surface area (TPSA) is 131 Å². The molecule has 0 radical (unpaired) electrons. The van der Waals surface area contributed by atoms with E-state index >= 15 is 0 Å². The van der Waals surface area contributed by atoms with Crippen LogP contribution in [0.5, 0.6) is 0 Å². The first-order valence-electron chi connectivity index (χ1n) is 22.6. The van der Waals surface area contributed by atoms with Gasteiger partial charge in [-0.15, -0.1) is 0 Å². The Kier molecular flexibility index (Phi) is 9.86. The summed E-state index contributed by atoms with van der Waals surface area (Å²) in [4.78, 5) is 9.67. The van der Waals surface area contributed by atoms with Gasteiger partial charge in [-0.1, -0.05) is 121 Å². The van der Waals surface area contributed by atoms with Crippen molar-refractivity contribution in [3.63, 3.8) is 0 Å². The molecular weight excluding hydrogens is 857 g/mol. The van der Waals surface area contributed by atoms with E-state index in [1.54, 1.807) is 60.7 Å². The number of fused-ring (bicyclic) bond motifs is 6. The lowest BCUT2D eigenvalue weighted by molar-refractivity contribution is 1.17. The minimum Gasteiger partial charge on any atom is -0.309 e. The van der Waals surface area contributed by atoms with Gasteiger partial charge >= 0.3 is 0 Å². The first-order chi connectivity index (χ1) is 34.5. The Balaban J connectivity index is 0.885. The molecule has 9 aromatic carbocycles. The van der Waals surface area contributed by atoms with Crippen molar-refractivity contribution in [2.45, 2.75) is 0 Å². The first-order valence-corrected chi connectivity index (χ1v) is 22.6. The van der Waals surface area contributed by atoms with Crippen molar-refractivity contribution in [3.8, 4) is 91.8 Å². The normalized spacial score (nSPS) is 11.1. The maximum absolute atomic E-state index is 10.6. The molecule has 0 atom stereocenters. The molecule has 70 heavy (non-hydrogen) atoms. The SMILES string of the molecule is N#Cc1ccccc1-c1cc(-c2c(C#N)cc(-c3ccc(-c4ccc(-n5c6ccccc6c6cc(-n7c8ccccc8c8ccccc87)ccc65)cc4)cc3)cc2C#N)nc(-c2ccccc2C#N)n1. The van der Waals surface area contributed by atoms with Crippen LogP contribution in [0.15, 0.2) is 206 Å². The third kappa shape index (κ3) is 6.73. The number of hydrogen-bond donors (Lipinski definition) is 0. The number of hydrogen-bond acceptors (Lipinski definition) is 6. The fourth-order valence-corrected chi connectivity index (χ4v) is 9.91. The molecule has 12 rings (SSSR count). The van der Waals surface area contributed by atoms with E-state index in [2.05, 4.69) is 161 Å². The lowest BCUT2D eigenvalue weighted by atomic mass is 9.92. The molecule has 0 N–H and O–H groups in total. The van der Waals surface area contributed by atoms with Crippen LogP contribution in [0.25, 0.3) is 111 Å². The molecule has 0 amide bonds. The lowest BCUT2D eigenvalue weighted by Crippen LogP contribution is -2.01. The molecule has 3 aromatic heterocycles. The van der Waals surface area contributed by atoms with E-state index in [4.69, 9.17) is 9.97 Å². The molecule has 0 fully saturated rings. The van der Waals surface area contributed by atoms with Crippen LogP contribution in [0, 0.1) is 45.3 Å². The van der Waals surface area contributed by atoms with Crippen LogP contribution in [0.3, 0.4) is 0 Å². The third-order valence-corrected chi connectivity index (χ3v) is 13.1. The molecule has 0 aliphatic rings. The van der Waals surface area contributed by atoms with Crippen LogP contribution in [-0.4, -0.2) is 19.1 Å². The molecule has 0 saturated carbocycles. The van der Waals surface area contributed by atoms with E-state index in [1.165, 1.54) is 32.6 Å². The summed E-state index contributed by atoms with van der Waals surface area (Å²) in [6.07, 6.45) is 0. The highest BCUT2D eigenvalue weighted by Gasteiger charge is 2.21. The minimum atomic E-state index is 0.234. The zero-order chi connectivity index (χ0) is 47.3. The fourth-order valence-electron chi connectivity index (χ4n) is 9.91. The van der Waals surface area contributed by atoms with E-state index in [1.807, 2.05) is 18.2 Å². The zero-order valence-electron chi connectivity index (χ0n) is 37.2. The van der Waals surface area contributed by atoms with Crippen molar-refractivity contribution in [2.24, 2.45) is 0 Å². The van der Waals surface area contributed by atoms with E-state index in [0.29, 0.717) is 44.8 Å². The van der Waals surface area contributed by atoms with Crippen LogP contribution in [0.4, 0.5) is 0 Å². The van der Waals surface area contributed by atoms with Gasteiger partial charge in [-0.2, -0.15) is 21.0 Å². The van der Waals surface area contributed by atoms with Gasteiger partial charge in [-0.3, -0.25) is 0 Å². The molecule has 8 nitrogen and oxygen atoms in total. The number of benzene rings is 9. The van der Waals surface area contributed by atoms with Crippen molar-refractivity contribution < 1.29 is 0 Å². The fraction of sp³-hybridized carbons (Fsp3) is 0.